The molecule has 0 unspecified atom stereocenters. The monoisotopic (exact) mass is 424 g/mol. The van der Waals surface area contributed by atoms with Crippen LogP contribution in [-0.2, 0) is 0 Å². The molecule has 4 heteroatoms. The predicted octanol–water partition coefficient (Wildman–Crippen LogP) is 2.01. The molecule has 0 aliphatic rings. The van der Waals surface area contributed by atoms with Crippen molar-refractivity contribution in [2.24, 2.45) is 0 Å². The van der Waals surface area contributed by atoms with Gasteiger partial charge in [0.25, 0.3) is 0 Å². The first-order valence-electron chi connectivity index (χ1n) is 3.77. The van der Waals surface area contributed by atoms with Gasteiger partial charge in [-0.2, -0.15) is 10.7 Å². The first-order valence-corrected chi connectivity index (χ1v) is 3.77. The molecule has 0 N–H and O–H groups in total. The predicted molar refractivity (Wildman–Crippen MR) is 50.0 cm³/mol. The standard InChI is InChI=1S/C9H12N3.Lr/c1-4-8(3)6-12-9(5-2)10-7-11-12;/h4-7H,2H2,1,3H3;/q-1;/b8-6-;. The minimum absolute atomic E-state index is 0. The van der Waals surface area contributed by atoms with Crippen molar-refractivity contribution in [2.75, 3.05) is 0 Å². The summed E-state index contributed by atoms with van der Waals surface area (Å²) in [6, 6.07) is 0. The third-order valence-electron chi connectivity index (χ3n) is 1.56. The second kappa shape index (κ2) is 4.38. The normalized spacial score (nSPS) is 10.5. The molecule has 0 aromatic carbocycles. The Hall–Kier alpha value is -2.51. The van der Waals surface area contributed by atoms with Crippen LogP contribution in [-0.4, -0.2) is 14.8 Å². The van der Waals surface area contributed by atoms with E-state index >= 15 is 0 Å². The SMILES string of the molecule is C=Cc1ncnn1/C=C(/C)[CH-]C.[Lr]. The summed E-state index contributed by atoms with van der Waals surface area (Å²) in [5, 5.41) is 4.01. The van der Waals surface area contributed by atoms with Crippen molar-refractivity contribution in [1.29, 1.82) is 0 Å². The maximum absolute atomic E-state index is 4.01. The van der Waals surface area contributed by atoms with Crippen molar-refractivity contribution in [1.82, 2.24) is 14.8 Å². The quantitative estimate of drug-likeness (QED) is 0.696. The van der Waals surface area contributed by atoms with Crippen molar-refractivity contribution < 1.29 is 0 Å². The van der Waals surface area contributed by atoms with E-state index in [4.69, 9.17) is 0 Å². The molecule has 0 aliphatic heterocycles. The molecular weight excluding hydrogens is 412 g/mol. The Bertz CT molecular complexity index is 302. The largest absolute Gasteiger partial charge is 0.302 e. The van der Waals surface area contributed by atoms with Crippen LogP contribution in [0.1, 0.15) is 19.7 Å². The van der Waals surface area contributed by atoms with E-state index in [0.29, 0.717) is 0 Å². The van der Waals surface area contributed by atoms with Crippen molar-refractivity contribution in [3.63, 3.8) is 0 Å². The summed E-state index contributed by atoms with van der Waals surface area (Å²) >= 11 is 0. The van der Waals surface area contributed by atoms with Gasteiger partial charge in [0.1, 0.15) is 12.2 Å². The van der Waals surface area contributed by atoms with Crippen LogP contribution in [0.5, 0.6) is 0 Å². The number of allylic oxidation sites excluding steroid dienone is 1. The summed E-state index contributed by atoms with van der Waals surface area (Å²) in [6.07, 6.45) is 7.10. The van der Waals surface area contributed by atoms with E-state index in [2.05, 4.69) is 16.7 Å². The van der Waals surface area contributed by atoms with Gasteiger partial charge >= 0.3 is 0 Å². The smallest absolute Gasteiger partial charge is 0.137 e. The first-order chi connectivity index (χ1) is 5.77. The zero-order valence-electron chi connectivity index (χ0n) is 7.62. The Labute approximate surface area is 72.4 Å². The van der Waals surface area contributed by atoms with Crippen molar-refractivity contribution >= 4 is 12.3 Å². The Morgan fingerprint density at radius 1 is 1.69 bits per heavy atom. The average molecular weight is 424 g/mol. The van der Waals surface area contributed by atoms with Gasteiger partial charge in [-0.25, -0.2) is 11.4 Å². The Morgan fingerprint density at radius 2 is 2.38 bits per heavy atom. The number of hydrogen-bond donors (Lipinski definition) is 0. The van der Waals surface area contributed by atoms with E-state index < -0.39 is 0 Å². The van der Waals surface area contributed by atoms with Crippen LogP contribution in [0.2, 0.25) is 0 Å². The molecule has 1 aromatic rings. The minimum atomic E-state index is 0. The van der Waals surface area contributed by atoms with E-state index in [-0.39, 0.29) is 0 Å². The fourth-order valence-electron chi connectivity index (χ4n) is 0.772. The molecule has 0 spiro atoms. The zero-order valence-corrected chi connectivity index (χ0v) is 9.77. The molecular formula is C9H12LrN3-. The van der Waals surface area contributed by atoms with Gasteiger partial charge in [0, 0.05) is 0 Å². The zero-order chi connectivity index (χ0) is 8.97. The van der Waals surface area contributed by atoms with Gasteiger partial charge < -0.3 is 4.68 Å². The average Bonchev–Trinajstić information content (AvgIpc) is 2.51. The molecule has 0 saturated carbocycles. The van der Waals surface area contributed by atoms with Gasteiger partial charge in [-0.15, -0.1) is 13.1 Å². The summed E-state index contributed by atoms with van der Waals surface area (Å²) in [5.74, 6) is 0.760. The maximum atomic E-state index is 4.01. The van der Waals surface area contributed by atoms with Crippen LogP contribution in [0.3, 0.4) is 0 Å². The van der Waals surface area contributed by atoms with Crippen LogP contribution < -0.4 is 0 Å². The van der Waals surface area contributed by atoms with E-state index in [1.54, 1.807) is 10.8 Å². The molecule has 0 amide bonds. The van der Waals surface area contributed by atoms with Gasteiger partial charge in [0.05, 0.1) is 0 Å². The Balaban J connectivity index is 0.00000144. The summed E-state index contributed by atoms with van der Waals surface area (Å²) in [5.41, 5.74) is 1.14. The maximum Gasteiger partial charge on any atom is 0.137 e. The molecule has 1 radical (unpaired) electrons. The van der Waals surface area contributed by atoms with Crippen LogP contribution >= 0.6 is 0 Å². The third-order valence-corrected chi connectivity index (χ3v) is 1.56. The summed E-state index contributed by atoms with van der Waals surface area (Å²) in [6.45, 7) is 7.63. The van der Waals surface area contributed by atoms with E-state index in [1.807, 2.05) is 26.5 Å². The molecule has 0 bridgehead atoms. The Kier molecular flexibility index (Phi) is 3.54. The van der Waals surface area contributed by atoms with E-state index in [9.17, 15) is 0 Å². The molecule has 0 atom stereocenters. The second-order valence-electron chi connectivity index (χ2n) is 2.43. The van der Waals surface area contributed by atoms with Crippen LogP contribution in [0, 0.1) is 6.42 Å². The van der Waals surface area contributed by atoms with Crippen LogP contribution in [0.15, 0.2) is 18.5 Å². The topological polar surface area (TPSA) is 30.7 Å². The van der Waals surface area contributed by atoms with Gasteiger partial charge in [-0.3, -0.25) is 0 Å². The van der Waals surface area contributed by atoms with Gasteiger partial charge in [-0.05, 0) is 6.08 Å². The van der Waals surface area contributed by atoms with Gasteiger partial charge in [0.2, 0.25) is 0 Å². The van der Waals surface area contributed by atoms with E-state index in [1.165, 1.54) is 6.33 Å². The molecule has 0 aliphatic carbocycles. The van der Waals surface area contributed by atoms with Crippen molar-refractivity contribution in [2.45, 2.75) is 13.8 Å². The molecule has 3 nitrogen and oxygen atoms in total. The summed E-state index contributed by atoms with van der Waals surface area (Å²) in [7, 11) is 0. The fraction of sp³-hybridized carbons (Fsp3) is 0.222. The minimum Gasteiger partial charge on any atom is -0.302 e. The third kappa shape index (κ3) is 2.22. The molecule has 79 valence electrons. The van der Waals surface area contributed by atoms with Crippen LogP contribution in [0.4, 0.5) is 0 Å². The number of aromatic nitrogens is 3. The van der Waals surface area contributed by atoms with Gasteiger partial charge in [0.15, 0.2) is 0 Å². The Morgan fingerprint density at radius 3 is 2.92 bits per heavy atom. The molecule has 13 heavy (non-hydrogen) atoms. The first kappa shape index (κ1) is 10.5. The van der Waals surface area contributed by atoms with Crippen molar-refractivity contribution in [3.05, 3.63) is 30.7 Å². The van der Waals surface area contributed by atoms with Crippen LogP contribution in [0.25, 0.3) is 12.3 Å². The molecule has 1 aromatic heterocycles. The number of hydrogen-bond acceptors (Lipinski definition) is 2. The molecule has 1 heterocycles. The molecule has 0 fully saturated rings. The second-order valence-corrected chi connectivity index (χ2v) is 2.43. The summed E-state index contributed by atoms with van der Waals surface area (Å²) in [4.78, 5) is 4.00. The number of nitrogens with zero attached hydrogens (tertiary/aromatic N) is 3. The molecule has 0 saturated heterocycles. The number of rotatable bonds is 3. The van der Waals surface area contributed by atoms with E-state index in [0.717, 1.165) is 11.4 Å². The molecule has 1 rings (SSSR count). The summed E-state index contributed by atoms with van der Waals surface area (Å²) < 4.78 is 1.70. The van der Waals surface area contributed by atoms with Gasteiger partial charge in [-0.1, -0.05) is 13.5 Å². The van der Waals surface area contributed by atoms with Crippen molar-refractivity contribution in [3.8, 4) is 0 Å². The fourth-order valence-corrected chi connectivity index (χ4v) is 0.772.